The van der Waals surface area contributed by atoms with Crippen LogP contribution in [0.3, 0.4) is 0 Å². The number of aliphatic hydroxyl groups is 1. The number of carbonyl (C=O) groups excluding carboxylic acids is 1. The van der Waals surface area contributed by atoms with E-state index in [1.54, 1.807) is 0 Å². The van der Waals surface area contributed by atoms with E-state index in [1.165, 1.54) is 0 Å². The number of likely N-dealkylation sites (tertiary alicyclic amines) is 1. The van der Waals surface area contributed by atoms with E-state index in [1.807, 2.05) is 25.1 Å². The van der Waals surface area contributed by atoms with Crippen molar-refractivity contribution in [2.75, 3.05) is 19.7 Å². The molecule has 5 heteroatoms. The van der Waals surface area contributed by atoms with E-state index in [0.29, 0.717) is 19.6 Å². The van der Waals surface area contributed by atoms with Crippen LogP contribution in [0.2, 0.25) is 0 Å². The lowest BCUT2D eigenvalue weighted by Crippen LogP contribution is -2.56. The maximum atomic E-state index is 11.6. The molecule has 3 N–H and O–H groups in total. The van der Waals surface area contributed by atoms with E-state index < -0.39 is 5.60 Å². The number of ether oxygens (including phenoxy) is 1. The number of rotatable bonds is 5. The largest absolute Gasteiger partial charge is 0.494 e. The molecule has 5 nitrogen and oxygen atoms in total. The van der Waals surface area contributed by atoms with Crippen molar-refractivity contribution in [1.29, 1.82) is 0 Å². The minimum Gasteiger partial charge on any atom is -0.494 e. The van der Waals surface area contributed by atoms with Crippen LogP contribution in [-0.4, -0.2) is 41.2 Å². The first-order valence-corrected chi connectivity index (χ1v) is 9.01. The molecule has 24 heavy (non-hydrogen) atoms. The number of nitrogens with two attached hydrogens (primary N) is 1. The Hall–Kier alpha value is -1.59. The molecule has 0 aromatic heterocycles. The molecular weight excluding hydrogens is 304 g/mol. The summed E-state index contributed by atoms with van der Waals surface area (Å²) in [4.78, 5) is 13.7. The molecule has 132 valence electrons. The van der Waals surface area contributed by atoms with E-state index in [4.69, 9.17) is 10.5 Å². The zero-order chi connectivity index (χ0) is 17.2. The number of hydrogen-bond donors (Lipinski definition) is 2. The van der Waals surface area contributed by atoms with Crippen molar-refractivity contribution in [3.05, 3.63) is 29.8 Å². The number of primary amides is 1. The molecule has 2 fully saturated rings. The molecule has 0 bridgehead atoms. The third-order valence-corrected chi connectivity index (χ3v) is 5.57. The van der Waals surface area contributed by atoms with Gasteiger partial charge < -0.3 is 15.6 Å². The number of piperidine rings is 1. The van der Waals surface area contributed by atoms with E-state index >= 15 is 0 Å². The van der Waals surface area contributed by atoms with Crippen LogP contribution in [0.25, 0.3) is 0 Å². The van der Waals surface area contributed by atoms with Crippen molar-refractivity contribution >= 4 is 5.91 Å². The lowest BCUT2D eigenvalue weighted by Gasteiger charge is -2.52. The zero-order valence-electron chi connectivity index (χ0n) is 14.4. The number of amides is 1. The lowest BCUT2D eigenvalue weighted by molar-refractivity contribution is -0.136. The Labute approximate surface area is 143 Å². The number of hydrogen-bond acceptors (Lipinski definition) is 4. The van der Waals surface area contributed by atoms with Gasteiger partial charge in [-0.05, 0) is 32.3 Å². The van der Waals surface area contributed by atoms with Gasteiger partial charge >= 0.3 is 0 Å². The van der Waals surface area contributed by atoms with Crippen LogP contribution in [0, 0.1) is 5.92 Å². The maximum Gasteiger partial charge on any atom is 0.231 e. The monoisotopic (exact) mass is 332 g/mol. The summed E-state index contributed by atoms with van der Waals surface area (Å²) in [5.74, 6) is 0.630. The zero-order valence-corrected chi connectivity index (χ0v) is 14.4. The Bertz CT molecular complexity index is 592. The molecular formula is C19H28N2O3. The topological polar surface area (TPSA) is 75.8 Å². The summed E-state index contributed by atoms with van der Waals surface area (Å²) in [6, 6.07) is 7.96. The summed E-state index contributed by atoms with van der Waals surface area (Å²) in [6.07, 6.45) is 4.71. The molecule has 1 heterocycles. The molecule has 1 saturated carbocycles. The van der Waals surface area contributed by atoms with E-state index in [2.05, 4.69) is 11.0 Å². The number of fused-ring (bicyclic) bond motifs is 1. The molecule has 1 amide bonds. The van der Waals surface area contributed by atoms with Crippen LogP contribution >= 0.6 is 0 Å². The Morgan fingerprint density at radius 1 is 1.38 bits per heavy atom. The molecule has 3 rings (SSSR count). The minimum absolute atomic E-state index is 0.0284. The number of para-hydroxylation sites is 1. The maximum absolute atomic E-state index is 11.6. The smallest absolute Gasteiger partial charge is 0.231 e. The van der Waals surface area contributed by atoms with Gasteiger partial charge in [0.1, 0.15) is 5.75 Å². The highest BCUT2D eigenvalue weighted by Crippen LogP contribution is 2.50. The number of nitrogens with zero attached hydrogens (tertiary/aromatic N) is 1. The second-order valence-electron chi connectivity index (χ2n) is 7.06. The molecule has 1 aromatic carbocycles. The van der Waals surface area contributed by atoms with Crippen LogP contribution in [0.15, 0.2) is 24.3 Å². The molecule has 0 radical (unpaired) electrons. The van der Waals surface area contributed by atoms with Crippen molar-refractivity contribution in [2.24, 2.45) is 11.7 Å². The van der Waals surface area contributed by atoms with E-state index in [0.717, 1.165) is 37.0 Å². The minimum atomic E-state index is -0.642. The molecule has 3 atom stereocenters. The third-order valence-electron chi connectivity index (χ3n) is 5.57. The van der Waals surface area contributed by atoms with Crippen molar-refractivity contribution in [2.45, 2.75) is 50.7 Å². The first kappa shape index (κ1) is 17.2. The summed E-state index contributed by atoms with van der Waals surface area (Å²) >= 11 is 0. The summed E-state index contributed by atoms with van der Waals surface area (Å²) in [6.45, 7) is 3.46. The summed E-state index contributed by atoms with van der Waals surface area (Å²) < 4.78 is 5.83. The summed E-state index contributed by atoms with van der Waals surface area (Å²) in [5, 5.41) is 11.2. The quantitative estimate of drug-likeness (QED) is 0.867. The summed E-state index contributed by atoms with van der Waals surface area (Å²) in [5.41, 5.74) is 5.91. The Kier molecular flexibility index (Phi) is 5.11. The first-order chi connectivity index (χ1) is 11.5. The van der Waals surface area contributed by atoms with Crippen LogP contribution in [0.4, 0.5) is 0 Å². The standard InChI is InChI=1S/C19H28N2O3/c1-2-24-16-9-4-3-7-14(16)18-15-8-5-6-10-19(15,23)11-12-21(18)13-17(20)22/h3-4,7,9,15,18,23H,2,5-6,8,10-13H2,1H3,(H2,20,22)/t15-,18-,19-/m1/s1. The highest BCUT2D eigenvalue weighted by atomic mass is 16.5. The normalized spacial score (nSPS) is 30.6. The number of benzene rings is 1. The summed E-state index contributed by atoms with van der Waals surface area (Å²) in [7, 11) is 0. The average molecular weight is 332 g/mol. The third kappa shape index (κ3) is 3.28. The first-order valence-electron chi connectivity index (χ1n) is 9.01. The fourth-order valence-corrected chi connectivity index (χ4v) is 4.55. The van der Waals surface area contributed by atoms with Crippen molar-refractivity contribution in [3.63, 3.8) is 0 Å². The molecule has 1 aromatic rings. The van der Waals surface area contributed by atoms with E-state index in [9.17, 15) is 9.90 Å². The van der Waals surface area contributed by atoms with Crippen LogP contribution in [-0.2, 0) is 4.79 Å². The van der Waals surface area contributed by atoms with Gasteiger partial charge in [-0.25, -0.2) is 0 Å². The second-order valence-corrected chi connectivity index (χ2v) is 7.06. The molecule has 2 aliphatic rings. The Morgan fingerprint density at radius 3 is 2.92 bits per heavy atom. The molecule has 1 saturated heterocycles. The lowest BCUT2D eigenvalue weighted by atomic mass is 9.66. The van der Waals surface area contributed by atoms with Gasteiger partial charge in [0.15, 0.2) is 0 Å². The highest BCUT2D eigenvalue weighted by Gasteiger charge is 2.49. The molecule has 0 unspecified atom stereocenters. The SMILES string of the molecule is CCOc1ccccc1[C@@H]1[C@H]2CCCC[C@@]2(O)CCN1CC(N)=O. The van der Waals surface area contributed by atoms with Crippen LogP contribution in [0.5, 0.6) is 5.75 Å². The van der Waals surface area contributed by atoms with Gasteiger partial charge in [-0.1, -0.05) is 31.0 Å². The molecule has 1 aliphatic carbocycles. The molecule has 0 spiro atoms. The van der Waals surface area contributed by atoms with Crippen LogP contribution < -0.4 is 10.5 Å². The highest BCUT2D eigenvalue weighted by molar-refractivity contribution is 5.76. The predicted molar refractivity (Wildman–Crippen MR) is 92.6 cm³/mol. The van der Waals surface area contributed by atoms with Gasteiger partial charge in [0.25, 0.3) is 0 Å². The van der Waals surface area contributed by atoms with Gasteiger partial charge in [-0.3, -0.25) is 9.69 Å². The van der Waals surface area contributed by atoms with E-state index in [-0.39, 0.29) is 24.4 Å². The Morgan fingerprint density at radius 2 is 2.17 bits per heavy atom. The van der Waals surface area contributed by atoms with Crippen LogP contribution in [0.1, 0.15) is 50.6 Å². The fraction of sp³-hybridized carbons (Fsp3) is 0.632. The number of carbonyl (C=O) groups is 1. The van der Waals surface area contributed by atoms with Gasteiger partial charge in [0.2, 0.25) is 5.91 Å². The van der Waals surface area contributed by atoms with Gasteiger partial charge in [0.05, 0.1) is 18.8 Å². The average Bonchev–Trinajstić information content (AvgIpc) is 2.55. The van der Waals surface area contributed by atoms with Crippen molar-refractivity contribution in [1.82, 2.24) is 4.90 Å². The van der Waals surface area contributed by atoms with Crippen molar-refractivity contribution in [3.8, 4) is 5.75 Å². The Balaban J connectivity index is 2.01. The predicted octanol–water partition coefficient (Wildman–Crippen LogP) is 2.24. The van der Waals surface area contributed by atoms with Gasteiger partial charge in [-0.2, -0.15) is 0 Å². The van der Waals surface area contributed by atoms with Crippen molar-refractivity contribution < 1.29 is 14.6 Å². The fourth-order valence-electron chi connectivity index (χ4n) is 4.55. The molecule has 1 aliphatic heterocycles. The van der Waals surface area contributed by atoms with Gasteiger partial charge in [0, 0.05) is 24.1 Å². The second kappa shape index (κ2) is 7.11. The van der Waals surface area contributed by atoms with Gasteiger partial charge in [-0.15, -0.1) is 0 Å².